The second-order valence-electron chi connectivity index (χ2n) is 4.55. The minimum atomic E-state index is -3.28. The zero-order chi connectivity index (χ0) is 15.5. The molecule has 2 aromatic rings. The van der Waals surface area contributed by atoms with Gasteiger partial charge in [-0.1, -0.05) is 31.0 Å². The van der Waals surface area contributed by atoms with Crippen molar-refractivity contribution in [3.05, 3.63) is 41.3 Å². The van der Waals surface area contributed by atoms with Gasteiger partial charge in [-0.2, -0.15) is 0 Å². The van der Waals surface area contributed by atoms with Crippen LogP contribution in [0.5, 0.6) is 11.6 Å². The first-order valence-electron chi connectivity index (χ1n) is 6.39. The van der Waals surface area contributed by atoms with Gasteiger partial charge in [0, 0.05) is 6.26 Å². The van der Waals surface area contributed by atoms with Crippen molar-refractivity contribution in [1.29, 1.82) is 0 Å². The number of aromatic nitrogens is 2. The highest BCUT2D eigenvalue weighted by Crippen LogP contribution is 2.29. The summed E-state index contributed by atoms with van der Waals surface area (Å²) in [4.78, 5) is 8.21. The summed E-state index contributed by atoms with van der Waals surface area (Å²) in [7, 11) is -3.28. The first-order valence-corrected chi connectivity index (χ1v) is 8.66. The monoisotopic (exact) mass is 326 g/mol. The van der Waals surface area contributed by atoms with Crippen LogP contribution in [0.4, 0.5) is 0 Å². The molecule has 0 N–H and O–H groups in total. The third-order valence-electron chi connectivity index (χ3n) is 2.80. The SMILES string of the molecule is CCCc1c(Cl)ncnc1Oc1cccc(S(C)(=O)=O)c1. The van der Waals surface area contributed by atoms with E-state index in [0.717, 1.165) is 12.7 Å². The Kier molecular flexibility index (Phi) is 4.80. The maximum Gasteiger partial charge on any atom is 0.227 e. The van der Waals surface area contributed by atoms with E-state index in [2.05, 4.69) is 9.97 Å². The highest BCUT2D eigenvalue weighted by Gasteiger charge is 2.13. The third-order valence-corrected chi connectivity index (χ3v) is 4.24. The molecule has 0 unspecified atom stereocenters. The van der Waals surface area contributed by atoms with Crippen LogP contribution in [0.15, 0.2) is 35.5 Å². The second kappa shape index (κ2) is 6.41. The first-order chi connectivity index (χ1) is 9.91. The summed E-state index contributed by atoms with van der Waals surface area (Å²) in [5.41, 5.74) is 0.714. The van der Waals surface area contributed by atoms with Crippen molar-refractivity contribution in [2.75, 3.05) is 6.26 Å². The zero-order valence-corrected chi connectivity index (χ0v) is 13.3. The predicted octanol–water partition coefficient (Wildman–Crippen LogP) is 3.28. The van der Waals surface area contributed by atoms with Crippen molar-refractivity contribution in [3.63, 3.8) is 0 Å². The second-order valence-corrected chi connectivity index (χ2v) is 6.92. The molecule has 1 heterocycles. The van der Waals surface area contributed by atoms with Crippen LogP contribution in [0.3, 0.4) is 0 Å². The predicted molar refractivity (Wildman–Crippen MR) is 80.7 cm³/mol. The van der Waals surface area contributed by atoms with Crippen LogP contribution in [0.2, 0.25) is 5.15 Å². The molecule has 112 valence electrons. The van der Waals surface area contributed by atoms with Crippen molar-refractivity contribution < 1.29 is 13.2 Å². The van der Waals surface area contributed by atoms with Gasteiger partial charge in [-0.15, -0.1) is 0 Å². The number of rotatable bonds is 5. The lowest BCUT2D eigenvalue weighted by Crippen LogP contribution is -2.00. The normalized spacial score (nSPS) is 11.4. The van der Waals surface area contributed by atoms with Gasteiger partial charge in [0.25, 0.3) is 0 Å². The Hall–Kier alpha value is -1.66. The Morgan fingerprint density at radius 2 is 2.05 bits per heavy atom. The summed E-state index contributed by atoms with van der Waals surface area (Å²) in [6.07, 6.45) is 4.01. The molecular formula is C14H15ClN2O3S. The van der Waals surface area contributed by atoms with E-state index < -0.39 is 9.84 Å². The van der Waals surface area contributed by atoms with Gasteiger partial charge in [0.1, 0.15) is 17.2 Å². The van der Waals surface area contributed by atoms with E-state index in [4.69, 9.17) is 16.3 Å². The molecule has 0 aliphatic heterocycles. The van der Waals surface area contributed by atoms with E-state index in [0.29, 0.717) is 28.8 Å². The molecule has 0 aliphatic rings. The Morgan fingerprint density at radius 3 is 2.71 bits per heavy atom. The maximum absolute atomic E-state index is 11.6. The summed E-state index contributed by atoms with van der Waals surface area (Å²) in [5.74, 6) is 0.743. The van der Waals surface area contributed by atoms with Crippen LogP contribution >= 0.6 is 11.6 Å². The van der Waals surface area contributed by atoms with Crippen molar-refractivity contribution in [3.8, 4) is 11.6 Å². The van der Waals surface area contributed by atoms with Crippen LogP contribution in [0, 0.1) is 0 Å². The summed E-state index contributed by atoms with van der Waals surface area (Å²) < 4.78 is 28.8. The molecule has 0 aliphatic carbocycles. The van der Waals surface area contributed by atoms with Crippen LogP contribution in [0.25, 0.3) is 0 Å². The van der Waals surface area contributed by atoms with Crippen molar-refractivity contribution in [1.82, 2.24) is 9.97 Å². The fourth-order valence-corrected chi connectivity index (χ4v) is 2.68. The molecule has 1 aromatic heterocycles. The number of hydrogen-bond donors (Lipinski definition) is 0. The topological polar surface area (TPSA) is 69.2 Å². The molecule has 0 saturated carbocycles. The van der Waals surface area contributed by atoms with Gasteiger partial charge in [-0.05, 0) is 24.6 Å². The number of benzene rings is 1. The van der Waals surface area contributed by atoms with E-state index >= 15 is 0 Å². The molecule has 21 heavy (non-hydrogen) atoms. The Morgan fingerprint density at radius 1 is 1.29 bits per heavy atom. The lowest BCUT2D eigenvalue weighted by Gasteiger charge is -2.10. The van der Waals surface area contributed by atoms with E-state index in [1.165, 1.54) is 18.5 Å². The van der Waals surface area contributed by atoms with E-state index in [1.807, 2.05) is 6.92 Å². The van der Waals surface area contributed by atoms with Gasteiger partial charge < -0.3 is 4.74 Å². The highest BCUT2D eigenvalue weighted by atomic mass is 35.5. The molecular weight excluding hydrogens is 312 g/mol. The standard InChI is InChI=1S/C14H15ClN2O3S/c1-3-5-12-13(15)16-9-17-14(12)20-10-6-4-7-11(8-10)21(2,18)19/h4,6-9H,3,5H2,1-2H3. The molecule has 0 saturated heterocycles. The molecule has 0 spiro atoms. The van der Waals surface area contributed by atoms with Crippen LogP contribution in [0.1, 0.15) is 18.9 Å². The van der Waals surface area contributed by atoms with Gasteiger partial charge in [-0.25, -0.2) is 18.4 Å². The summed E-state index contributed by atoms with van der Waals surface area (Å²) in [6, 6.07) is 6.26. The van der Waals surface area contributed by atoms with Gasteiger partial charge in [0.2, 0.25) is 5.88 Å². The first kappa shape index (κ1) is 15.7. The van der Waals surface area contributed by atoms with Gasteiger partial charge in [0.15, 0.2) is 9.84 Å². The summed E-state index contributed by atoms with van der Waals surface area (Å²) >= 11 is 6.05. The molecule has 7 heteroatoms. The quantitative estimate of drug-likeness (QED) is 0.789. The van der Waals surface area contributed by atoms with Crippen molar-refractivity contribution in [2.45, 2.75) is 24.7 Å². The number of sulfone groups is 1. The molecule has 0 amide bonds. The van der Waals surface area contributed by atoms with Gasteiger partial charge >= 0.3 is 0 Å². The Bertz CT molecular complexity index is 748. The van der Waals surface area contributed by atoms with Gasteiger partial charge in [-0.3, -0.25) is 0 Å². The molecule has 0 radical (unpaired) electrons. The largest absolute Gasteiger partial charge is 0.439 e. The third kappa shape index (κ3) is 3.92. The van der Waals surface area contributed by atoms with E-state index in [1.54, 1.807) is 12.1 Å². The van der Waals surface area contributed by atoms with Crippen molar-refractivity contribution in [2.24, 2.45) is 0 Å². The van der Waals surface area contributed by atoms with Crippen molar-refractivity contribution >= 4 is 21.4 Å². The van der Waals surface area contributed by atoms with E-state index in [-0.39, 0.29) is 4.90 Å². The number of hydrogen-bond acceptors (Lipinski definition) is 5. The molecule has 1 aromatic carbocycles. The minimum Gasteiger partial charge on any atom is -0.439 e. The fraction of sp³-hybridized carbons (Fsp3) is 0.286. The number of halogens is 1. The van der Waals surface area contributed by atoms with Crippen LogP contribution in [-0.2, 0) is 16.3 Å². The minimum absolute atomic E-state index is 0.192. The molecule has 0 bridgehead atoms. The lowest BCUT2D eigenvalue weighted by molar-refractivity contribution is 0.452. The fourth-order valence-electron chi connectivity index (χ4n) is 1.80. The number of ether oxygens (including phenoxy) is 1. The Balaban J connectivity index is 2.37. The molecule has 0 atom stereocenters. The van der Waals surface area contributed by atoms with Crippen LogP contribution < -0.4 is 4.74 Å². The zero-order valence-electron chi connectivity index (χ0n) is 11.7. The summed E-state index contributed by atoms with van der Waals surface area (Å²) in [6.45, 7) is 2.01. The summed E-state index contributed by atoms with van der Waals surface area (Å²) in [5, 5.41) is 0.348. The Labute approximate surface area is 128 Å². The molecule has 2 rings (SSSR count). The van der Waals surface area contributed by atoms with E-state index in [9.17, 15) is 8.42 Å². The smallest absolute Gasteiger partial charge is 0.227 e. The molecule has 0 fully saturated rings. The average Bonchev–Trinajstić information content (AvgIpc) is 2.42. The maximum atomic E-state index is 11.6. The molecule has 5 nitrogen and oxygen atoms in total. The lowest BCUT2D eigenvalue weighted by atomic mass is 10.2. The highest BCUT2D eigenvalue weighted by molar-refractivity contribution is 7.90. The van der Waals surface area contributed by atoms with Crippen LogP contribution in [-0.4, -0.2) is 24.6 Å². The van der Waals surface area contributed by atoms with Gasteiger partial charge in [0.05, 0.1) is 10.5 Å². The average molecular weight is 327 g/mol. The number of nitrogens with zero attached hydrogens (tertiary/aromatic N) is 2.